The van der Waals surface area contributed by atoms with Crippen LogP contribution in [0.15, 0.2) is 24.3 Å². The summed E-state index contributed by atoms with van der Waals surface area (Å²) < 4.78 is 20.0. The molecule has 0 radical (unpaired) electrons. The quantitative estimate of drug-likeness (QED) is 0.621. The lowest BCUT2D eigenvalue weighted by atomic mass is 9.80. The topological polar surface area (TPSA) is 102 Å². The number of aromatic nitrogens is 2. The number of halogens is 1. The number of amides is 1. The average Bonchev–Trinajstić information content (AvgIpc) is 3.19. The highest BCUT2D eigenvalue weighted by Gasteiger charge is 2.32. The van der Waals surface area contributed by atoms with Crippen LogP contribution in [0.25, 0.3) is 0 Å². The Morgan fingerprint density at radius 2 is 1.85 bits per heavy atom. The van der Waals surface area contributed by atoms with E-state index in [1.165, 1.54) is 12.1 Å². The molecular weight excluding hydrogens is 441 g/mol. The number of aromatic carboxylic acids is 1. The van der Waals surface area contributed by atoms with E-state index in [0.717, 1.165) is 31.2 Å². The molecule has 8 nitrogen and oxygen atoms in total. The molecular formula is C25H30FN3O5. The van der Waals surface area contributed by atoms with E-state index in [-0.39, 0.29) is 35.2 Å². The zero-order valence-corrected chi connectivity index (χ0v) is 19.3. The monoisotopic (exact) mass is 471 g/mol. The van der Waals surface area contributed by atoms with Crippen LogP contribution in [-0.4, -0.2) is 50.8 Å². The van der Waals surface area contributed by atoms with Gasteiger partial charge >= 0.3 is 11.9 Å². The van der Waals surface area contributed by atoms with Gasteiger partial charge in [0, 0.05) is 18.5 Å². The molecule has 1 fully saturated rings. The molecule has 0 spiro atoms. The summed E-state index contributed by atoms with van der Waals surface area (Å²) in [6.45, 7) is 3.24. The minimum Gasteiger partial charge on any atom is -0.476 e. The molecule has 4 rings (SSSR count). The van der Waals surface area contributed by atoms with Gasteiger partial charge in [0.05, 0.1) is 31.3 Å². The van der Waals surface area contributed by atoms with Crippen molar-refractivity contribution in [1.82, 2.24) is 14.7 Å². The number of esters is 1. The van der Waals surface area contributed by atoms with Crippen molar-refractivity contribution in [3.05, 3.63) is 52.6 Å². The third-order valence-corrected chi connectivity index (χ3v) is 6.87. The van der Waals surface area contributed by atoms with Crippen LogP contribution in [0.1, 0.15) is 66.3 Å². The van der Waals surface area contributed by atoms with Crippen molar-refractivity contribution in [3.63, 3.8) is 0 Å². The molecule has 1 aromatic heterocycles. The van der Waals surface area contributed by atoms with Gasteiger partial charge in [0.1, 0.15) is 5.82 Å². The Balaban J connectivity index is 1.42. The second-order valence-electron chi connectivity index (χ2n) is 9.10. The molecule has 1 aromatic carbocycles. The maximum atomic E-state index is 13.3. The van der Waals surface area contributed by atoms with Crippen LogP contribution in [0.2, 0.25) is 0 Å². The largest absolute Gasteiger partial charge is 0.476 e. The molecule has 2 heterocycles. The molecule has 0 unspecified atom stereocenters. The summed E-state index contributed by atoms with van der Waals surface area (Å²) in [5.41, 5.74) is 2.19. The second-order valence-corrected chi connectivity index (χ2v) is 9.10. The van der Waals surface area contributed by atoms with Gasteiger partial charge in [-0.3, -0.25) is 14.3 Å². The number of hydrogen-bond donors (Lipinski definition) is 1. The fraction of sp³-hybridized carbons (Fsp3) is 0.520. The summed E-state index contributed by atoms with van der Waals surface area (Å²) in [7, 11) is 0. The van der Waals surface area contributed by atoms with Crippen molar-refractivity contribution in [2.75, 3.05) is 13.2 Å². The standard InChI is InChI=1S/C25H30FN3O5/c1-2-34-25(33)18-7-3-16(4-8-18)13-22(30)28-12-11-20-21(15-28)29(27-23(20)24(31)32)14-17-5-9-19(26)10-6-17/h5-6,9-10,16,18H,2-4,7-8,11-15H2,1H3,(H,31,32). The maximum Gasteiger partial charge on any atom is 0.356 e. The number of nitrogens with zero attached hydrogens (tertiary/aromatic N) is 3. The molecule has 182 valence electrons. The number of carbonyl (C=O) groups excluding carboxylic acids is 2. The predicted octanol–water partition coefficient (Wildman–Crippen LogP) is 3.41. The number of benzene rings is 1. The van der Waals surface area contributed by atoms with Crippen LogP contribution in [0.5, 0.6) is 0 Å². The van der Waals surface area contributed by atoms with E-state index in [4.69, 9.17) is 4.74 Å². The van der Waals surface area contributed by atoms with Gasteiger partial charge in [0.15, 0.2) is 5.69 Å². The lowest BCUT2D eigenvalue weighted by Crippen LogP contribution is -2.38. The van der Waals surface area contributed by atoms with E-state index in [1.54, 1.807) is 28.6 Å². The minimum atomic E-state index is -1.09. The molecule has 34 heavy (non-hydrogen) atoms. The van der Waals surface area contributed by atoms with Crippen molar-refractivity contribution in [1.29, 1.82) is 0 Å². The van der Waals surface area contributed by atoms with E-state index >= 15 is 0 Å². The number of carbonyl (C=O) groups is 3. The Kier molecular flexibility index (Phi) is 7.29. The normalized spacial score (nSPS) is 20.0. The molecule has 0 saturated heterocycles. The number of fused-ring (bicyclic) bond motifs is 1. The smallest absolute Gasteiger partial charge is 0.356 e. The third kappa shape index (κ3) is 5.29. The van der Waals surface area contributed by atoms with E-state index in [9.17, 15) is 23.9 Å². The number of rotatable bonds is 7. The van der Waals surface area contributed by atoms with Crippen LogP contribution in [0.3, 0.4) is 0 Å². The van der Waals surface area contributed by atoms with E-state index in [0.29, 0.717) is 50.3 Å². The summed E-state index contributed by atoms with van der Waals surface area (Å²) in [4.78, 5) is 38.6. The molecule has 2 aliphatic rings. The molecule has 1 N–H and O–H groups in total. The highest BCUT2D eigenvalue weighted by molar-refractivity contribution is 5.87. The Bertz CT molecular complexity index is 1060. The van der Waals surface area contributed by atoms with Crippen LogP contribution in [-0.2, 0) is 33.8 Å². The van der Waals surface area contributed by atoms with Crippen molar-refractivity contribution in [2.45, 2.75) is 58.5 Å². The molecule has 0 atom stereocenters. The highest BCUT2D eigenvalue weighted by atomic mass is 19.1. The fourth-order valence-corrected chi connectivity index (χ4v) is 5.00. The van der Waals surface area contributed by atoms with Crippen molar-refractivity contribution in [2.24, 2.45) is 11.8 Å². The zero-order chi connectivity index (χ0) is 24.2. The number of carboxylic acids is 1. The third-order valence-electron chi connectivity index (χ3n) is 6.87. The summed E-state index contributed by atoms with van der Waals surface area (Å²) >= 11 is 0. The number of ether oxygens (including phenoxy) is 1. The van der Waals surface area contributed by atoms with Gasteiger partial charge < -0.3 is 14.7 Å². The summed E-state index contributed by atoms with van der Waals surface area (Å²) in [6.07, 6.45) is 3.98. The van der Waals surface area contributed by atoms with Crippen molar-refractivity contribution in [3.8, 4) is 0 Å². The van der Waals surface area contributed by atoms with Gasteiger partial charge in [0.25, 0.3) is 0 Å². The van der Waals surface area contributed by atoms with Crippen molar-refractivity contribution < 1.29 is 28.6 Å². The molecule has 1 saturated carbocycles. The average molecular weight is 472 g/mol. The molecule has 1 amide bonds. The van der Waals surface area contributed by atoms with Crippen LogP contribution in [0, 0.1) is 17.7 Å². The molecule has 2 aromatic rings. The lowest BCUT2D eigenvalue weighted by molar-refractivity contribution is -0.149. The molecule has 1 aliphatic heterocycles. The summed E-state index contributed by atoms with van der Waals surface area (Å²) in [6, 6.07) is 6.00. The van der Waals surface area contributed by atoms with Gasteiger partial charge in [-0.1, -0.05) is 12.1 Å². The van der Waals surface area contributed by atoms with Crippen LogP contribution in [0.4, 0.5) is 4.39 Å². The number of hydrogen-bond acceptors (Lipinski definition) is 5. The Morgan fingerprint density at radius 1 is 1.15 bits per heavy atom. The fourth-order valence-electron chi connectivity index (χ4n) is 5.00. The van der Waals surface area contributed by atoms with Crippen LogP contribution < -0.4 is 0 Å². The molecule has 0 bridgehead atoms. The first-order chi connectivity index (χ1) is 16.4. The lowest BCUT2D eigenvalue weighted by Gasteiger charge is -2.31. The SMILES string of the molecule is CCOC(=O)C1CCC(CC(=O)N2CCc3c(C(=O)O)nn(Cc4ccc(F)cc4)c3C2)CC1. The first kappa shape index (κ1) is 23.9. The van der Waals surface area contributed by atoms with Crippen molar-refractivity contribution >= 4 is 17.8 Å². The van der Waals surface area contributed by atoms with Crippen LogP contribution >= 0.6 is 0 Å². The van der Waals surface area contributed by atoms with Gasteiger partial charge in [-0.15, -0.1) is 0 Å². The second kappa shape index (κ2) is 10.4. The number of carboxylic acid groups (broad SMARTS) is 1. The van der Waals surface area contributed by atoms with Gasteiger partial charge in [0.2, 0.25) is 5.91 Å². The van der Waals surface area contributed by atoms with E-state index < -0.39 is 5.97 Å². The Labute approximate surface area is 197 Å². The van der Waals surface area contributed by atoms with E-state index in [2.05, 4.69) is 5.10 Å². The minimum absolute atomic E-state index is 0.0153. The highest BCUT2D eigenvalue weighted by Crippen LogP contribution is 2.33. The summed E-state index contributed by atoms with van der Waals surface area (Å²) in [5, 5.41) is 13.9. The Hall–Kier alpha value is -3.23. The van der Waals surface area contributed by atoms with Gasteiger partial charge in [-0.05, 0) is 62.6 Å². The van der Waals surface area contributed by atoms with Gasteiger partial charge in [-0.2, -0.15) is 5.10 Å². The predicted molar refractivity (Wildman–Crippen MR) is 121 cm³/mol. The maximum absolute atomic E-state index is 13.3. The first-order valence-electron chi connectivity index (χ1n) is 11.9. The summed E-state index contributed by atoms with van der Waals surface area (Å²) in [5.74, 6) is -1.37. The molecule has 9 heteroatoms. The van der Waals surface area contributed by atoms with E-state index in [1.807, 2.05) is 0 Å². The zero-order valence-electron chi connectivity index (χ0n) is 19.3. The van der Waals surface area contributed by atoms with Gasteiger partial charge in [-0.25, -0.2) is 9.18 Å². The first-order valence-corrected chi connectivity index (χ1v) is 11.9. The Morgan fingerprint density at radius 3 is 2.50 bits per heavy atom. The molecule has 1 aliphatic carbocycles.